The Morgan fingerprint density at radius 1 is 1.47 bits per heavy atom. The van der Waals surface area contributed by atoms with Crippen molar-refractivity contribution >= 4 is 5.82 Å². The maximum Gasteiger partial charge on any atom is 0.129 e. The van der Waals surface area contributed by atoms with E-state index >= 15 is 0 Å². The standard InChI is InChI=1S/C13H21N3O/c1-2-4-11-9-13(16-10-15-11)14-7-6-12-5-3-8-17-12/h9-10,12H,2-8H2,1H3,(H,14,15,16). The molecule has 1 unspecified atom stereocenters. The number of ether oxygens (including phenoxy) is 1. The lowest BCUT2D eigenvalue weighted by atomic mass is 10.2. The molecule has 0 amide bonds. The molecule has 4 nitrogen and oxygen atoms in total. The number of nitrogens with zero attached hydrogens (tertiary/aromatic N) is 2. The first kappa shape index (κ1) is 12.3. The van der Waals surface area contributed by atoms with Gasteiger partial charge in [0.2, 0.25) is 0 Å². The normalized spacial score (nSPS) is 19.5. The lowest BCUT2D eigenvalue weighted by Gasteiger charge is -2.10. The van der Waals surface area contributed by atoms with Gasteiger partial charge in [-0.3, -0.25) is 0 Å². The van der Waals surface area contributed by atoms with Gasteiger partial charge in [0, 0.05) is 24.9 Å². The van der Waals surface area contributed by atoms with E-state index in [1.165, 1.54) is 12.8 Å². The van der Waals surface area contributed by atoms with Crippen LogP contribution >= 0.6 is 0 Å². The van der Waals surface area contributed by atoms with Gasteiger partial charge < -0.3 is 10.1 Å². The maximum atomic E-state index is 5.58. The molecule has 2 heterocycles. The van der Waals surface area contributed by atoms with Gasteiger partial charge in [-0.15, -0.1) is 0 Å². The molecule has 1 aromatic rings. The molecule has 1 N–H and O–H groups in total. The molecule has 2 rings (SSSR count). The predicted molar refractivity (Wildman–Crippen MR) is 68.1 cm³/mol. The second-order valence-electron chi connectivity index (χ2n) is 4.50. The van der Waals surface area contributed by atoms with Crippen LogP contribution in [0.15, 0.2) is 12.4 Å². The van der Waals surface area contributed by atoms with Gasteiger partial charge in [-0.05, 0) is 25.7 Å². The summed E-state index contributed by atoms with van der Waals surface area (Å²) in [7, 11) is 0. The van der Waals surface area contributed by atoms with Gasteiger partial charge in [-0.2, -0.15) is 0 Å². The molecule has 1 saturated heterocycles. The molecule has 1 aliphatic heterocycles. The Labute approximate surface area is 103 Å². The van der Waals surface area contributed by atoms with Crippen LogP contribution in [0.25, 0.3) is 0 Å². The Morgan fingerprint density at radius 3 is 3.18 bits per heavy atom. The van der Waals surface area contributed by atoms with Gasteiger partial charge in [-0.1, -0.05) is 13.3 Å². The molecule has 0 radical (unpaired) electrons. The average Bonchev–Trinajstić information content (AvgIpc) is 2.83. The molecule has 1 atom stereocenters. The third kappa shape index (κ3) is 3.97. The maximum absolute atomic E-state index is 5.58. The second-order valence-corrected chi connectivity index (χ2v) is 4.50. The molecular formula is C13H21N3O. The predicted octanol–water partition coefficient (Wildman–Crippen LogP) is 2.41. The molecule has 0 aromatic carbocycles. The third-order valence-electron chi connectivity index (χ3n) is 3.03. The summed E-state index contributed by atoms with van der Waals surface area (Å²) in [6.45, 7) is 4.01. The molecule has 1 fully saturated rings. The largest absolute Gasteiger partial charge is 0.378 e. The van der Waals surface area contributed by atoms with Gasteiger partial charge in [0.15, 0.2) is 0 Å². The Hall–Kier alpha value is -1.16. The lowest BCUT2D eigenvalue weighted by Crippen LogP contribution is -2.13. The van der Waals surface area contributed by atoms with E-state index in [2.05, 4.69) is 22.2 Å². The van der Waals surface area contributed by atoms with Crippen LogP contribution in [0.4, 0.5) is 5.82 Å². The van der Waals surface area contributed by atoms with Crippen molar-refractivity contribution in [3.05, 3.63) is 18.1 Å². The van der Waals surface area contributed by atoms with Crippen molar-refractivity contribution in [2.45, 2.75) is 45.1 Å². The zero-order valence-electron chi connectivity index (χ0n) is 10.5. The zero-order chi connectivity index (χ0) is 11.9. The summed E-state index contributed by atoms with van der Waals surface area (Å²) < 4.78 is 5.58. The van der Waals surface area contributed by atoms with Gasteiger partial charge in [0.1, 0.15) is 12.1 Å². The van der Waals surface area contributed by atoms with Crippen LogP contribution in [0.3, 0.4) is 0 Å². The summed E-state index contributed by atoms with van der Waals surface area (Å²) >= 11 is 0. The number of hydrogen-bond donors (Lipinski definition) is 1. The Bertz CT molecular complexity index is 337. The van der Waals surface area contributed by atoms with Crippen LogP contribution in [0.2, 0.25) is 0 Å². The highest BCUT2D eigenvalue weighted by Gasteiger charge is 2.14. The summed E-state index contributed by atoms with van der Waals surface area (Å²) in [6, 6.07) is 2.04. The summed E-state index contributed by atoms with van der Waals surface area (Å²) in [5, 5.41) is 3.34. The molecule has 1 aromatic heterocycles. The molecule has 94 valence electrons. The molecular weight excluding hydrogens is 214 g/mol. The quantitative estimate of drug-likeness (QED) is 0.822. The summed E-state index contributed by atoms with van der Waals surface area (Å²) in [5.74, 6) is 0.932. The van der Waals surface area contributed by atoms with Crippen molar-refractivity contribution in [3.63, 3.8) is 0 Å². The molecule has 0 spiro atoms. The fourth-order valence-corrected chi connectivity index (χ4v) is 2.12. The van der Waals surface area contributed by atoms with E-state index in [-0.39, 0.29) is 0 Å². The highest BCUT2D eigenvalue weighted by molar-refractivity contribution is 5.34. The minimum atomic E-state index is 0.444. The summed E-state index contributed by atoms with van der Waals surface area (Å²) in [5.41, 5.74) is 1.11. The van der Waals surface area contributed by atoms with Gasteiger partial charge in [-0.25, -0.2) is 9.97 Å². The van der Waals surface area contributed by atoms with Crippen LogP contribution in [-0.4, -0.2) is 29.2 Å². The molecule has 4 heteroatoms. The van der Waals surface area contributed by atoms with Crippen LogP contribution in [-0.2, 0) is 11.2 Å². The van der Waals surface area contributed by atoms with Crippen LogP contribution < -0.4 is 5.32 Å². The first-order chi connectivity index (χ1) is 8.38. The van der Waals surface area contributed by atoms with Crippen molar-refractivity contribution < 1.29 is 4.74 Å². The smallest absolute Gasteiger partial charge is 0.129 e. The van der Waals surface area contributed by atoms with Crippen molar-refractivity contribution in [1.29, 1.82) is 0 Å². The summed E-state index contributed by atoms with van der Waals surface area (Å²) in [6.07, 6.45) is 7.69. The van der Waals surface area contributed by atoms with E-state index in [0.717, 1.165) is 43.9 Å². The van der Waals surface area contributed by atoms with Crippen LogP contribution in [0.1, 0.15) is 38.3 Å². The second kappa shape index (κ2) is 6.55. The van der Waals surface area contributed by atoms with Gasteiger partial charge in [0.05, 0.1) is 6.10 Å². The van der Waals surface area contributed by atoms with Gasteiger partial charge >= 0.3 is 0 Å². The van der Waals surface area contributed by atoms with E-state index in [1.807, 2.05) is 6.07 Å². The fraction of sp³-hybridized carbons (Fsp3) is 0.692. The highest BCUT2D eigenvalue weighted by Crippen LogP contribution is 2.15. The number of anilines is 1. The van der Waals surface area contributed by atoms with Gasteiger partial charge in [0.25, 0.3) is 0 Å². The minimum absolute atomic E-state index is 0.444. The number of nitrogens with one attached hydrogen (secondary N) is 1. The summed E-state index contributed by atoms with van der Waals surface area (Å²) in [4.78, 5) is 8.46. The average molecular weight is 235 g/mol. The Balaban J connectivity index is 1.75. The Kier molecular flexibility index (Phi) is 4.74. The van der Waals surface area contributed by atoms with Crippen molar-refractivity contribution in [1.82, 2.24) is 9.97 Å². The number of hydrogen-bond acceptors (Lipinski definition) is 4. The number of rotatable bonds is 6. The fourth-order valence-electron chi connectivity index (χ4n) is 2.12. The molecule has 0 saturated carbocycles. The lowest BCUT2D eigenvalue weighted by molar-refractivity contribution is 0.107. The van der Waals surface area contributed by atoms with Crippen LogP contribution in [0, 0.1) is 0 Å². The van der Waals surface area contributed by atoms with E-state index in [1.54, 1.807) is 6.33 Å². The molecule has 0 bridgehead atoms. The minimum Gasteiger partial charge on any atom is -0.378 e. The zero-order valence-corrected chi connectivity index (χ0v) is 10.5. The van der Waals surface area contributed by atoms with Crippen molar-refractivity contribution in [2.24, 2.45) is 0 Å². The SMILES string of the molecule is CCCc1cc(NCCC2CCCO2)ncn1. The van der Waals surface area contributed by atoms with E-state index in [0.29, 0.717) is 6.10 Å². The van der Waals surface area contributed by atoms with E-state index in [4.69, 9.17) is 4.74 Å². The first-order valence-corrected chi connectivity index (χ1v) is 6.55. The molecule has 1 aliphatic rings. The van der Waals surface area contributed by atoms with Crippen LogP contribution in [0.5, 0.6) is 0 Å². The van der Waals surface area contributed by atoms with E-state index < -0.39 is 0 Å². The molecule has 17 heavy (non-hydrogen) atoms. The van der Waals surface area contributed by atoms with Crippen molar-refractivity contribution in [2.75, 3.05) is 18.5 Å². The number of aromatic nitrogens is 2. The van der Waals surface area contributed by atoms with E-state index in [9.17, 15) is 0 Å². The Morgan fingerprint density at radius 2 is 2.41 bits per heavy atom. The highest BCUT2D eigenvalue weighted by atomic mass is 16.5. The third-order valence-corrected chi connectivity index (χ3v) is 3.03. The molecule has 0 aliphatic carbocycles. The first-order valence-electron chi connectivity index (χ1n) is 6.55. The topological polar surface area (TPSA) is 47.0 Å². The van der Waals surface area contributed by atoms with Crippen molar-refractivity contribution in [3.8, 4) is 0 Å². The monoisotopic (exact) mass is 235 g/mol. The number of aryl methyl sites for hydroxylation is 1.